The van der Waals surface area contributed by atoms with Gasteiger partial charge in [0.25, 0.3) is 11.8 Å². The van der Waals surface area contributed by atoms with Crippen LogP contribution in [0, 0.1) is 0 Å². The number of hydrogen-bond donors (Lipinski definition) is 2. The van der Waals surface area contributed by atoms with E-state index >= 15 is 0 Å². The van der Waals surface area contributed by atoms with E-state index in [1.807, 2.05) is 10.6 Å². The Morgan fingerprint density at radius 2 is 1.57 bits per heavy atom. The largest absolute Gasteiger partial charge is 0.351 e. The van der Waals surface area contributed by atoms with Crippen LogP contribution < -0.4 is 16.1 Å². The zero-order valence-electron chi connectivity index (χ0n) is 20.4. The number of aromatic nitrogens is 1. The number of piperidine rings is 1. The first kappa shape index (κ1) is 24.9. The fourth-order valence-corrected chi connectivity index (χ4v) is 5.23. The Balaban J connectivity index is 1.37. The zero-order valence-corrected chi connectivity index (χ0v) is 20.4. The third-order valence-corrected chi connectivity index (χ3v) is 7.26. The highest BCUT2D eigenvalue weighted by Crippen LogP contribution is 2.29. The minimum Gasteiger partial charge on any atom is -0.351 e. The molecular weight excluding hydrogens is 440 g/mol. The van der Waals surface area contributed by atoms with Crippen molar-refractivity contribution >= 4 is 11.8 Å². The van der Waals surface area contributed by atoms with Crippen LogP contribution in [0.25, 0.3) is 0 Å². The maximum Gasteiger partial charge on any atom is 0.257 e. The molecule has 2 heterocycles. The molecule has 2 fully saturated rings. The molecule has 7 heteroatoms. The third kappa shape index (κ3) is 6.28. The minimum atomic E-state index is -0.526. The minimum absolute atomic E-state index is 0.00869. The van der Waals surface area contributed by atoms with E-state index in [0.717, 1.165) is 58.2 Å². The molecule has 186 valence electrons. The fourth-order valence-electron chi connectivity index (χ4n) is 5.23. The molecular formula is C28H36N4O3. The Hall–Kier alpha value is -3.19. The molecule has 1 aliphatic carbocycles. The van der Waals surface area contributed by atoms with Crippen LogP contribution in [0.2, 0.25) is 0 Å². The van der Waals surface area contributed by atoms with Crippen molar-refractivity contribution in [3.05, 3.63) is 82.3 Å². The number of nitrogens with zero attached hydrogens (tertiary/aromatic N) is 2. The fraction of sp³-hybridized carbons (Fsp3) is 0.464. The number of pyridine rings is 1. The van der Waals surface area contributed by atoms with Crippen LogP contribution in [0.15, 0.2) is 60.2 Å². The van der Waals surface area contributed by atoms with Crippen molar-refractivity contribution in [2.75, 3.05) is 32.7 Å². The van der Waals surface area contributed by atoms with Gasteiger partial charge in [-0.1, -0.05) is 49.2 Å². The number of hydrogen-bond acceptors (Lipinski definition) is 4. The van der Waals surface area contributed by atoms with Gasteiger partial charge in [0.2, 0.25) is 5.43 Å². The summed E-state index contributed by atoms with van der Waals surface area (Å²) in [6.45, 7) is 7.04. The quantitative estimate of drug-likeness (QED) is 0.543. The van der Waals surface area contributed by atoms with E-state index in [9.17, 15) is 14.4 Å². The van der Waals surface area contributed by atoms with Crippen molar-refractivity contribution in [2.24, 2.45) is 0 Å². The number of rotatable bonds is 9. The number of likely N-dealkylation sites (tertiary alicyclic amines) is 1. The van der Waals surface area contributed by atoms with E-state index in [4.69, 9.17) is 0 Å². The summed E-state index contributed by atoms with van der Waals surface area (Å²) in [5, 5.41) is 5.58. The van der Waals surface area contributed by atoms with Gasteiger partial charge in [-0.15, -0.1) is 6.58 Å². The summed E-state index contributed by atoms with van der Waals surface area (Å²) in [6.07, 6.45) is 11.2. The van der Waals surface area contributed by atoms with Gasteiger partial charge in [0.05, 0.1) is 0 Å². The molecule has 2 aliphatic rings. The van der Waals surface area contributed by atoms with E-state index in [1.165, 1.54) is 5.56 Å². The normalized spacial score (nSPS) is 17.3. The van der Waals surface area contributed by atoms with Crippen LogP contribution in [0.4, 0.5) is 0 Å². The Morgan fingerprint density at radius 3 is 2.20 bits per heavy atom. The van der Waals surface area contributed by atoms with Gasteiger partial charge in [0, 0.05) is 38.1 Å². The summed E-state index contributed by atoms with van der Waals surface area (Å²) in [5.41, 5.74) is 0.915. The number of benzene rings is 1. The van der Waals surface area contributed by atoms with Gasteiger partial charge in [-0.05, 0) is 50.3 Å². The lowest BCUT2D eigenvalue weighted by Gasteiger charge is -2.32. The highest BCUT2D eigenvalue weighted by Gasteiger charge is 2.24. The van der Waals surface area contributed by atoms with Crippen molar-refractivity contribution < 1.29 is 9.59 Å². The standard InChI is InChI=1S/C28H36N4O3/c1-2-14-29-27(34)24-19-32(23-10-6-7-11-23)20-25(26(24)33)28(35)30-15-18-31-16-12-22(13-17-31)21-8-4-3-5-9-21/h2-5,8-9,19-20,22-23H,1,6-7,10-18H2,(H,29,34)(H,30,35). The van der Waals surface area contributed by atoms with Crippen molar-refractivity contribution in [1.82, 2.24) is 20.1 Å². The first-order valence-corrected chi connectivity index (χ1v) is 12.8. The lowest BCUT2D eigenvalue weighted by molar-refractivity contribution is 0.0943. The van der Waals surface area contributed by atoms with Gasteiger partial charge in [-0.2, -0.15) is 0 Å². The predicted octanol–water partition coefficient (Wildman–Crippen LogP) is 3.49. The maximum atomic E-state index is 13.0. The van der Waals surface area contributed by atoms with Crippen molar-refractivity contribution in [2.45, 2.75) is 50.5 Å². The molecule has 0 bridgehead atoms. The van der Waals surface area contributed by atoms with Crippen LogP contribution in [0.3, 0.4) is 0 Å². The second-order valence-electron chi connectivity index (χ2n) is 9.58. The summed E-state index contributed by atoms with van der Waals surface area (Å²) in [7, 11) is 0. The van der Waals surface area contributed by atoms with E-state index < -0.39 is 17.2 Å². The Bertz CT molecular complexity index is 1080. The summed E-state index contributed by atoms with van der Waals surface area (Å²) in [6, 6.07) is 10.8. The molecule has 7 nitrogen and oxygen atoms in total. The van der Waals surface area contributed by atoms with Gasteiger partial charge < -0.3 is 20.1 Å². The van der Waals surface area contributed by atoms with Crippen molar-refractivity contribution in [3.63, 3.8) is 0 Å². The molecule has 2 amide bonds. The van der Waals surface area contributed by atoms with Gasteiger partial charge in [0.1, 0.15) is 11.1 Å². The predicted molar refractivity (Wildman–Crippen MR) is 138 cm³/mol. The first-order valence-electron chi connectivity index (χ1n) is 12.8. The van der Waals surface area contributed by atoms with Crippen LogP contribution in [0.1, 0.15) is 76.8 Å². The maximum absolute atomic E-state index is 13.0. The number of nitrogens with one attached hydrogen (secondary N) is 2. The molecule has 1 aliphatic heterocycles. The Kier molecular flexibility index (Phi) is 8.53. The first-order chi connectivity index (χ1) is 17.1. The summed E-state index contributed by atoms with van der Waals surface area (Å²) < 4.78 is 1.89. The summed E-state index contributed by atoms with van der Waals surface area (Å²) in [5.74, 6) is -0.303. The number of carbonyl (C=O) groups is 2. The molecule has 1 aromatic carbocycles. The van der Waals surface area contributed by atoms with E-state index in [2.05, 4.69) is 46.4 Å². The summed E-state index contributed by atoms with van der Waals surface area (Å²) in [4.78, 5) is 41.0. The zero-order chi connectivity index (χ0) is 24.6. The van der Waals surface area contributed by atoms with Gasteiger partial charge in [-0.25, -0.2) is 0 Å². The van der Waals surface area contributed by atoms with Crippen LogP contribution in [-0.2, 0) is 0 Å². The molecule has 1 saturated heterocycles. The molecule has 35 heavy (non-hydrogen) atoms. The topological polar surface area (TPSA) is 83.4 Å². The van der Waals surface area contributed by atoms with Crippen LogP contribution >= 0.6 is 0 Å². The van der Waals surface area contributed by atoms with Crippen molar-refractivity contribution in [1.29, 1.82) is 0 Å². The monoisotopic (exact) mass is 476 g/mol. The molecule has 0 radical (unpaired) electrons. The highest BCUT2D eigenvalue weighted by atomic mass is 16.2. The molecule has 0 atom stereocenters. The lowest BCUT2D eigenvalue weighted by Crippen LogP contribution is -2.41. The summed E-state index contributed by atoms with van der Waals surface area (Å²) >= 11 is 0. The highest BCUT2D eigenvalue weighted by molar-refractivity contribution is 5.99. The second-order valence-corrected chi connectivity index (χ2v) is 9.58. The SMILES string of the molecule is C=CCNC(=O)c1cn(C2CCCC2)cc(C(=O)NCCN2CCC(c3ccccc3)CC2)c1=O. The van der Waals surface area contributed by atoms with Crippen molar-refractivity contribution in [3.8, 4) is 0 Å². The molecule has 2 aromatic rings. The third-order valence-electron chi connectivity index (χ3n) is 7.26. The Morgan fingerprint density at radius 1 is 0.943 bits per heavy atom. The van der Waals surface area contributed by atoms with Crippen LogP contribution in [-0.4, -0.2) is 54.0 Å². The lowest BCUT2D eigenvalue weighted by atomic mass is 9.89. The van der Waals surface area contributed by atoms with E-state index in [0.29, 0.717) is 12.5 Å². The van der Waals surface area contributed by atoms with Gasteiger partial charge >= 0.3 is 0 Å². The second kappa shape index (κ2) is 12.0. The average Bonchev–Trinajstić information content (AvgIpc) is 3.43. The van der Waals surface area contributed by atoms with Crippen LogP contribution in [0.5, 0.6) is 0 Å². The Labute approximate surface area is 207 Å². The number of carbonyl (C=O) groups excluding carboxylic acids is 2. The van der Waals surface area contributed by atoms with Gasteiger partial charge in [-0.3, -0.25) is 14.4 Å². The van der Waals surface area contributed by atoms with E-state index in [1.54, 1.807) is 18.5 Å². The molecule has 0 unspecified atom stereocenters. The molecule has 1 aromatic heterocycles. The molecule has 1 saturated carbocycles. The van der Waals surface area contributed by atoms with E-state index in [-0.39, 0.29) is 23.7 Å². The number of amides is 2. The van der Waals surface area contributed by atoms with Gasteiger partial charge in [0.15, 0.2) is 0 Å². The molecule has 4 rings (SSSR count). The molecule has 2 N–H and O–H groups in total. The smallest absolute Gasteiger partial charge is 0.257 e. The average molecular weight is 477 g/mol. The molecule has 0 spiro atoms.